The van der Waals surface area contributed by atoms with Gasteiger partial charge in [0.1, 0.15) is 0 Å². The maximum Gasteiger partial charge on any atom is 0.195 e. The van der Waals surface area contributed by atoms with Gasteiger partial charge in [0.2, 0.25) is 0 Å². The molecular formula is C20H21NO. The Labute approximate surface area is 131 Å². The monoisotopic (exact) mass is 291 g/mol. The molecule has 2 nitrogen and oxygen atoms in total. The van der Waals surface area contributed by atoms with Crippen LogP contribution in [0.2, 0.25) is 0 Å². The summed E-state index contributed by atoms with van der Waals surface area (Å²) in [5.41, 5.74) is 4.97. The third-order valence-electron chi connectivity index (χ3n) is 4.12. The third-order valence-corrected chi connectivity index (χ3v) is 4.12. The van der Waals surface area contributed by atoms with Crippen molar-refractivity contribution in [2.24, 2.45) is 0 Å². The summed E-state index contributed by atoms with van der Waals surface area (Å²) in [7, 11) is 0. The molecule has 0 aliphatic heterocycles. The number of allylic oxidation sites excluding steroid dienone is 1. The van der Waals surface area contributed by atoms with Gasteiger partial charge in [-0.3, -0.25) is 4.79 Å². The highest BCUT2D eigenvalue weighted by Crippen LogP contribution is 2.30. The highest BCUT2D eigenvalue weighted by Gasteiger charge is 2.23. The van der Waals surface area contributed by atoms with Crippen molar-refractivity contribution < 1.29 is 4.79 Å². The van der Waals surface area contributed by atoms with Crippen LogP contribution in [-0.4, -0.2) is 12.3 Å². The van der Waals surface area contributed by atoms with E-state index in [0.29, 0.717) is 0 Å². The predicted octanol–water partition coefficient (Wildman–Crippen LogP) is 4.20. The molecule has 2 aromatic rings. The number of fused-ring (bicyclic) bond motifs is 2. The maximum absolute atomic E-state index is 13.0. The van der Waals surface area contributed by atoms with E-state index in [1.54, 1.807) is 0 Å². The predicted molar refractivity (Wildman–Crippen MR) is 90.9 cm³/mol. The fourth-order valence-corrected chi connectivity index (χ4v) is 2.90. The lowest BCUT2D eigenvalue weighted by Gasteiger charge is -2.09. The van der Waals surface area contributed by atoms with E-state index in [-0.39, 0.29) is 5.78 Å². The Morgan fingerprint density at radius 2 is 1.64 bits per heavy atom. The van der Waals surface area contributed by atoms with E-state index in [2.05, 4.69) is 24.4 Å². The molecule has 2 heteroatoms. The van der Waals surface area contributed by atoms with Gasteiger partial charge in [-0.25, -0.2) is 0 Å². The fourth-order valence-electron chi connectivity index (χ4n) is 2.90. The second kappa shape index (κ2) is 6.61. The van der Waals surface area contributed by atoms with Gasteiger partial charge in [-0.2, -0.15) is 0 Å². The summed E-state index contributed by atoms with van der Waals surface area (Å²) in [6.07, 6.45) is 4.96. The van der Waals surface area contributed by atoms with Gasteiger partial charge in [-0.05, 0) is 29.5 Å². The highest BCUT2D eigenvalue weighted by atomic mass is 16.1. The molecule has 0 aromatic heterocycles. The van der Waals surface area contributed by atoms with Crippen LogP contribution in [0.3, 0.4) is 0 Å². The molecule has 1 N–H and O–H groups in total. The molecule has 0 amide bonds. The first-order chi connectivity index (χ1) is 10.8. The maximum atomic E-state index is 13.0. The van der Waals surface area contributed by atoms with E-state index in [9.17, 15) is 4.79 Å². The van der Waals surface area contributed by atoms with E-state index in [4.69, 9.17) is 0 Å². The molecule has 1 aliphatic rings. The SMILES string of the molecule is CCCCN/C=C1/C(=O)c2ccccc2Cc2ccccc21. The number of carbonyl (C=O) groups excluding carboxylic acids is 1. The van der Waals surface area contributed by atoms with Crippen molar-refractivity contribution >= 4 is 11.4 Å². The minimum Gasteiger partial charge on any atom is -0.390 e. The zero-order valence-electron chi connectivity index (χ0n) is 12.9. The van der Waals surface area contributed by atoms with E-state index in [0.717, 1.165) is 48.1 Å². The van der Waals surface area contributed by atoms with Crippen LogP contribution in [-0.2, 0) is 6.42 Å². The van der Waals surface area contributed by atoms with Gasteiger partial charge in [0.05, 0.1) is 0 Å². The molecule has 0 spiro atoms. The molecule has 112 valence electrons. The summed E-state index contributed by atoms with van der Waals surface area (Å²) in [5, 5.41) is 3.30. The molecule has 22 heavy (non-hydrogen) atoms. The number of rotatable bonds is 4. The molecule has 0 atom stereocenters. The zero-order chi connectivity index (χ0) is 15.4. The van der Waals surface area contributed by atoms with Crippen molar-refractivity contribution in [1.29, 1.82) is 0 Å². The first kappa shape index (κ1) is 14.6. The number of Topliss-reactive ketones (excluding diaryl/α,β-unsaturated/α-hetero) is 1. The number of benzene rings is 2. The van der Waals surface area contributed by atoms with Crippen LogP contribution in [0.5, 0.6) is 0 Å². The zero-order valence-corrected chi connectivity index (χ0v) is 12.9. The molecule has 3 rings (SSSR count). The molecular weight excluding hydrogens is 270 g/mol. The number of ketones is 1. The van der Waals surface area contributed by atoms with Gasteiger partial charge in [-0.1, -0.05) is 61.9 Å². The Morgan fingerprint density at radius 3 is 2.36 bits per heavy atom. The summed E-state index contributed by atoms with van der Waals surface area (Å²) in [4.78, 5) is 13.0. The van der Waals surface area contributed by atoms with Crippen LogP contribution >= 0.6 is 0 Å². The van der Waals surface area contributed by atoms with Gasteiger partial charge in [0.15, 0.2) is 5.78 Å². The lowest BCUT2D eigenvalue weighted by Crippen LogP contribution is -2.11. The smallest absolute Gasteiger partial charge is 0.195 e. The molecule has 2 aromatic carbocycles. The molecule has 0 unspecified atom stereocenters. The molecule has 1 aliphatic carbocycles. The number of hydrogen-bond acceptors (Lipinski definition) is 2. The summed E-state index contributed by atoms with van der Waals surface area (Å²) in [6, 6.07) is 16.1. The molecule has 0 radical (unpaired) electrons. The Balaban J connectivity index is 2.05. The number of nitrogens with one attached hydrogen (secondary N) is 1. The van der Waals surface area contributed by atoms with Gasteiger partial charge in [0, 0.05) is 23.9 Å². The second-order valence-corrected chi connectivity index (χ2v) is 5.69. The Kier molecular flexibility index (Phi) is 4.38. The van der Waals surface area contributed by atoms with Crippen LogP contribution in [0.1, 0.15) is 46.8 Å². The van der Waals surface area contributed by atoms with Crippen molar-refractivity contribution in [3.63, 3.8) is 0 Å². The van der Waals surface area contributed by atoms with E-state index in [1.807, 2.05) is 42.6 Å². The average molecular weight is 291 g/mol. The third kappa shape index (κ3) is 2.82. The largest absolute Gasteiger partial charge is 0.390 e. The van der Waals surface area contributed by atoms with Crippen LogP contribution in [0, 0.1) is 0 Å². The van der Waals surface area contributed by atoms with Gasteiger partial charge in [-0.15, -0.1) is 0 Å². The van der Waals surface area contributed by atoms with E-state index >= 15 is 0 Å². The molecule has 0 saturated carbocycles. The standard InChI is InChI=1S/C20H21NO/c1-2-3-12-21-14-19-17-10-6-4-8-15(17)13-16-9-5-7-11-18(16)20(19)22/h4-11,14,21H,2-3,12-13H2,1H3/b19-14+. The van der Waals surface area contributed by atoms with Gasteiger partial charge < -0.3 is 5.32 Å². The van der Waals surface area contributed by atoms with Crippen molar-refractivity contribution in [2.75, 3.05) is 6.54 Å². The van der Waals surface area contributed by atoms with Gasteiger partial charge in [0.25, 0.3) is 0 Å². The van der Waals surface area contributed by atoms with Crippen molar-refractivity contribution in [3.05, 3.63) is 77.0 Å². The van der Waals surface area contributed by atoms with Crippen LogP contribution < -0.4 is 5.32 Å². The minimum absolute atomic E-state index is 0.115. The topological polar surface area (TPSA) is 29.1 Å². The molecule has 0 saturated heterocycles. The van der Waals surface area contributed by atoms with Gasteiger partial charge >= 0.3 is 0 Å². The molecule has 0 fully saturated rings. The van der Waals surface area contributed by atoms with Crippen LogP contribution in [0.25, 0.3) is 5.57 Å². The van der Waals surface area contributed by atoms with E-state index in [1.165, 1.54) is 5.56 Å². The summed E-state index contributed by atoms with van der Waals surface area (Å²) >= 11 is 0. The van der Waals surface area contributed by atoms with E-state index < -0.39 is 0 Å². The molecule has 0 heterocycles. The highest BCUT2D eigenvalue weighted by molar-refractivity contribution is 6.30. The Hall–Kier alpha value is -2.35. The number of unbranched alkanes of at least 4 members (excludes halogenated alkanes) is 1. The molecule has 0 bridgehead atoms. The van der Waals surface area contributed by atoms with Crippen molar-refractivity contribution in [1.82, 2.24) is 5.32 Å². The normalized spacial score (nSPS) is 15.1. The first-order valence-electron chi connectivity index (χ1n) is 7.95. The summed E-state index contributed by atoms with van der Waals surface area (Å²) in [5.74, 6) is 0.115. The van der Waals surface area contributed by atoms with Crippen LogP contribution in [0.15, 0.2) is 54.7 Å². The number of carbonyl (C=O) groups is 1. The van der Waals surface area contributed by atoms with Crippen molar-refractivity contribution in [3.8, 4) is 0 Å². The average Bonchev–Trinajstić information content (AvgIpc) is 2.67. The summed E-state index contributed by atoms with van der Waals surface area (Å²) in [6.45, 7) is 3.06. The first-order valence-corrected chi connectivity index (χ1v) is 7.95. The number of hydrogen-bond donors (Lipinski definition) is 1. The Morgan fingerprint density at radius 1 is 1.00 bits per heavy atom. The second-order valence-electron chi connectivity index (χ2n) is 5.69. The summed E-state index contributed by atoms with van der Waals surface area (Å²) < 4.78 is 0. The Bertz CT molecular complexity index is 715. The lowest BCUT2D eigenvalue weighted by atomic mass is 9.97. The minimum atomic E-state index is 0.115. The van der Waals surface area contributed by atoms with Crippen LogP contribution in [0.4, 0.5) is 0 Å². The quantitative estimate of drug-likeness (QED) is 0.675. The van der Waals surface area contributed by atoms with Crippen molar-refractivity contribution in [2.45, 2.75) is 26.2 Å². The lowest BCUT2D eigenvalue weighted by molar-refractivity contribution is 0.105. The fraction of sp³-hybridized carbons (Fsp3) is 0.250.